The molecular formula is C15H16O2. The van der Waals surface area contributed by atoms with Crippen LogP contribution in [-0.4, -0.2) is 12.6 Å². The van der Waals surface area contributed by atoms with Gasteiger partial charge in [0.1, 0.15) is 0 Å². The minimum Gasteiger partial charge on any atom is -0.462 e. The van der Waals surface area contributed by atoms with Crippen molar-refractivity contribution in [2.45, 2.75) is 19.8 Å². The lowest BCUT2D eigenvalue weighted by molar-refractivity contribution is 0.0526. The summed E-state index contributed by atoms with van der Waals surface area (Å²) in [5, 5.41) is 0. The second kappa shape index (κ2) is 5.48. The molecule has 1 aromatic carbocycles. The van der Waals surface area contributed by atoms with Gasteiger partial charge in [-0.25, -0.2) is 4.79 Å². The second-order valence-corrected chi connectivity index (χ2v) is 3.94. The zero-order valence-corrected chi connectivity index (χ0v) is 9.98. The van der Waals surface area contributed by atoms with E-state index in [1.807, 2.05) is 31.2 Å². The quantitative estimate of drug-likeness (QED) is 0.739. The molecule has 0 unspecified atom stereocenters. The summed E-state index contributed by atoms with van der Waals surface area (Å²) in [5.74, 6) is -0.257. The first-order valence-electron chi connectivity index (χ1n) is 5.95. The molecule has 0 atom stereocenters. The number of carbonyl (C=O) groups excluding carboxylic acids is 1. The highest BCUT2D eigenvalue weighted by Crippen LogP contribution is 2.21. The van der Waals surface area contributed by atoms with Gasteiger partial charge in [-0.2, -0.15) is 0 Å². The first kappa shape index (κ1) is 11.6. The van der Waals surface area contributed by atoms with Crippen molar-refractivity contribution in [3.05, 3.63) is 53.6 Å². The summed E-state index contributed by atoms with van der Waals surface area (Å²) in [6, 6.07) is 7.56. The summed E-state index contributed by atoms with van der Waals surface area (Å²) in [4.78, 5) is 11.5. The second-order valence-electron chi connectivity index (χ2n) is 3.94. The van der Waals surface area contributed by atoms with Gasteiger partial charge in [-0.05, 0) is 43.0 Å². The van der Waals surface area contributed by atoms with Crippen LogP contribution in [0.3, 0.4) is 0 Å². The maximum absolute atomic E-state index is 11.5. The molecular weight excluding hydrogens is 212 g/mol. The maximum Gasteiger partial charge on any atom is 0.338 e. The fourth-order valence-electron chi connectivity index (χ4n) is 1.84. The van der Waals surface area contributed by atoms with E-state index in [1.54, 1.807) is 0 Å². The van der Waals surface area contributed by atoms with E-state index in [2.05, 4.69) is 18.2 Å². The molecule has 1 aromatic rings. The predicted molar refractivity (Wildman–Crippen MR) is 68.7 cm³/mol. The van der Waals surface area contributed by atoms with Gasteiger partial charge in [0, 0.05) is 0 Å². The molecule has 2 heteroatoms. The van der Waals surface area contributed by atoms with Crippen LogP contribution in [0.2, 0.25) is 0 Å². The van der Waals surface area contributed by atoms with Crippen molar-refractivity contribution in [3.8, 4) is 0 Å². The molecule has 1 aliphatic rings. The Labute approximate surface area is 102 Å². The van der Waals surface area contributed by atoms with Gasteiger partial charge in [-0.15, -0.1) is 0 Å². The first-order valence-corrected chi connectivity index (χ1v) is 5.95. The maximum atomic E-state index is 11.5. The lowest BCUT2D eigenvalue weighted by atomic mass is 9.99. The lowest BCUT2D eigenvalue weighted by Gasteiger charge is -2.08. The molecule has 0 saturated carbocycles. The van der Waals surface area contributed by atoms with Gasteiger partial charge in [-0.1, -0.05) is 30.4 Å². The standard InChI is InChI=1S/C15H16O2/c1-2-17-15(16)14-10-8-13(9-11-14)12-6-4-3-5-7-12/h4,6-11H,2-3,5H2,1H3. The van der Waals surface area contributed by atoms with Crippen molar-refractivity contribution in [2.24, 2.45) is 0 Å². The molecule has 0 radical (unpaired) electrons. The molecule has 0 bridgehead atoms. The zero-order chi connectivity index (χ0) is 12.1. The van der Waals surface area contributed by atoms with E-state index >= 15 is 0 Å². The van der Waals surface area contributed by atoms with Crippen molar-refractivity contribution in [2.75, 3.05) is 6.61 Å². The summed E-state index contributed by atoms with van der Waals surface area (Å²) in [6.45, 7) is 2.22. The summed E-state index contributed by atoms with van der Waals surface area (Å²) >= 11 is 0. The SMILES string of the molecule is CCOC(=O)c1ccc(C2=CCCC=C2)cc1. The van der Waals surface area contributed by atoms with E-state index in [9.17, 15) is 4.79 Å². The van der Waals surface area contributed by atoms with E-state index in [0.29, 0.717) is 12.2 Å². The van der Waals surface area contributed by atoms with Gasteiger partial charge in [-0.3, -0.25) is 0 Å². The third-order valence-electron chi connectivity index (χ3n) is 2.72. The number of hydrogen-bond acceptors (Lipinski definition) is 2. The summed E-state index contributed by atoms with van der Waals surface area (Å²) in [6.07, 6.45) is 8.73. The molecule has 0 fully saturated rings. The van der Waals surface area contributed by atoms with Crippen molar-refractivity contribution < 1.29 is 9.53 Å². The van der Waals surface area contributed by atoms with Crippen LogP contribution in [0.4, 0.5) is 0 Å². The molecule has 0 heterocycles. The Bertz CT molecular complexity index is 452. The van der Waals surface area contributed by atoms with Gasteiger partial charge in [0.05, 0.1) is 12.2 Å². The number of benzene rings is 1. The average Bonchev–Trinajstić information content (AvgIpc) is 2.40. The smallest absolute Gasteiger partial charge is 0.338 e. The number of carbonyl (C=O) groups is 1. The van der Waals surface area contributed by atoms with E-state index in [1.165, 1.54) is 5.57 Å². The van der Waals surface area contributed by atoms with Crippen molar-refractivity contribution in [3.63, 3.8) is 0 Å². The third-order valence-corrected chi connectivity index (χ3v) is 2.72. The Hall–Kier alpha value is -1.83. The molecule has 0 N–H and O–H groups in total. The number of allylic oxidation sites excluding steroid dienone is 4. The van der Waals surface area contributed by atoms with E-state index in [-0.39, 0.29) is 5.97 Å². The normalized spacial score (nSPS) is 14.3. The Morgan fingerprint density at radius 2 is 2.00 bits per heavy atom. The fourth-order valence-corrected chi connectivity index (χ4v) is 1.84. The lowest BCUT2D eigenvalue weighted by Crippen LogP contribution is -2.04. The Balaban J connectivity index is 2.15. The highest BCUT2D eigenvalue weighted by molar-refractivity contribution is 5.90. The van der Waals surface area contributed by atoms with Crippen LogP contribution >= 0.6 is 0 Å². The summed E-state index contributed by atoms with van der Waals surface area (Å²) in [5.41, 5.74) is 2.98. The van der Waals surface area contributed by atoms with Gasteiger partial charge in [0.25, 0.3) is 0 Å². The van der Waals surface area contributed by atoms with Crippen LogP contribution in [0.15, 0.2) is 42.5 Å². The van der Waals surface area contributed by atoms with Crippen molar-refractivity contribution >= 4 is 11.5 Å². The van der Waals surface area contributed by atoms with E-state index in [0.717, 1.165) is 18.4 Å². The number of hydrogen-bond donors (Lipinski definition) is 0. The van der Waals surface area contributed by atoms with Crippen LogP contribution in [0, 0.1) is 0 Å². The number of esters is 1. The number of ether oxygens (including phenoxy) is 1. The Kier molecular flexibility index (Phi) is 3.76. The molecule has 0 aliphatic heterocycles. The zero-order valence-electron chi connectivity index (χ0n) is 9.98. The van der Waals surface area contributed by atoms with Gasteiger partial charge in [0.15, 0.2) is 0 Å². The van der Waals surface area contributed by atoms with Crippen LogP contribution in [0.5, 0.6) is 0 Å². The number of rotatable bonds is 3. The minimum absolute atomic E-state index is 0.257. The van der Waals surface area contributed by atoms with Crippen LogP contribution in [0.25, 0.3) is 5.57 Å². The Morgan fingerprint density at radius 3 is 2.59 bits per heavy atom. The monoisotopic (exact) mass is 228 g/mol. The summed E-state index contributed by atoms with van der Waals surface area (Å²) in [7, 11) is 0. The van der Waals surface area contributed by atoms with Crippen molar-refractivity contribution in [1.82, 2.24) is 0 Å². The molecule has 0 amide bonds. The molecule has 88 valence electrons. The van der Waals surface area contributed by atoms with E-state index in [4.69, 9.17) is 4.74 Å². The topological polar surface area (TPSA) is 26.3 Å². The van der Waals surface area contributed by atoms with Crippen LogP contribution in [0.1, 0.15) is 35.7 Å². The molecule has 2 nitrogen and oxygen atoms in total. The van der Waals surface area contributed by atoms with Crippen LogP contribution < -0.4 is 0 Å². The van der Waals surface area contributed by atoms with Gasteiger partial charge < -0.3 is 4.74 Å². The minimum atomic E-state index is -0.257. The van der Waals surface area contributed by atoms with E-state index < -0.39 is 0 Å². The van der Waals surface area contributed by atoms with Gasteiger partial charge >= 0.3 is 5.97 Å². The molecule has 0 aromatic heterocycles. The average molecular weight is 228 g/mol. The largest absolute Gasteiger partial charge is 0.462 e. The first-order chi connectivity index (χ1) is 8.31. The predicted octanol–water partition coefficient (Wildman–Crippen LogP) is 3.60. The highest BCUT2D eigenvalue weighted by Gasteiger charge is 2.07. The molecule has 0 saturated heterocycles. The molecule has 2 rings (SSSR count). The summed E-state index contributed by atoms with van der Waals surface area (Å²) < 4.78 is 4.95. The molecule has 0 spiro atoms. The van der Waals surface area contributed by atoms with Gasteiger partial charge in [0.2, 0.25) is 0 Å². The molecule has 17 heavy (non-hydrogen) atoms. The third kappa shape index (κ3) is 2.84. The van der Waals surface area contributed by atoms with Crippen molar-refractivity contribution in [1.29, 1.82) is 0 Å². The van der Waals surface area contributed by atoms with Crippen LogP contribution in [-0.2, 0) is 4.74 Å². The highest BCUT2D eigenvalue weighted by atomic mass is 16.5. The Morgan fingerprint density at radius 1 is 1.24 bits per heavy atom. The molecule has 1 aliphatic carbocycles. The fraction of sp³-hybridized carbons (Fsp3) is 0.267.